The fourth-order valence-electron chi connectivity index (χ4n) is 2.07. The van der Waals surface area contributed by atoms with E-state index in [9.17, 15) is 5.11 Å². The molecular formula is C14H13NO2. The Balaban J connectivity index is 2.03. The van der Waals surface area contributed by atoms with Crippen molar-refractivity contribution in [2.45, 2.75) is 0 Å². The molecule has 0 spiro atoms. The molecule has 0 radical (unpaired) electrons. The van der Waals surface area contributed by atoms with E-state index in [-0.39, 0.29) is 5.75 Å². The molecular weight excluding hydrogens is 214 g/mol. The van der Waals surface area contributed by atoms with Crippen molar-refractivity contribution < 1.29 is 9.84 Å². The highest BCUT2D eigenvalue weighted by Gasteiger charge is 2.18. The number of phenols is 1. The molecule has 1 aliphatic heterocycles. The van der Waals surface area contributed by atoms with E-state index in [0.29, 0.717) is 6.61 Å². The van der Waals surface area contributed by atoms with Gasteiger partial charge in [-0.3, -0.25) is 0 Å². The second kappa shape index (κ2) is 4.01. The lowest BCUT2D eigenvalue weighted by Crippen LogP contribution is -2.28. The molecule has 1 N–H and O–H groups in total. The fraction of sp³-hybridized carbons (Fsp3) is 0.143. The summed E-state index contributed by atoms with van der Waals surface area (Å²) in [6.45, 7) is 1.50. The van der Waals surface area contributed by atoms with E-state index in [4.69, 9.17) is 4.74 Å². The maximum Gasteiger partial charge on any atom is 0.143 e. The van der Waals surface area contributed by atoms with Crippen molar-refractivity contribution in [3.63, 3.8) is 0 Å². The Labute approximate surface area is 99.9 Å². The molecule has 0 unspecified atom stereocenters. The van der Waals surface area contributed by atoms with Gasteiger partial charge in [0.05, 0.1) is 12.2 Å². The van der Waals surface area contributed by atoms with Gasteiger partial charge in [0, 0.05) is 5.69 Å². The largest absolute Gasteiger partial charge is 0.508 e. The van der Waals surface area contributed by atoms with Gasteiger partial charge in [-0.05, 0) is 36.4 Å². The third-order valence-electron chi connectivity index (χ3n) is 2.89. The van der Waals surface area contributed by atoms with Crippen molar-refractivity contribution in [2.75, 3.05) is 18.1 Å². The molecule has 0 aromatic heterocycles. The molecule has 0 bridgehead atoms. The topological polar surface area (TPSA) is 32.7 Å². The van der Waals surface area contributed by atoms with Gasteiger partial charge in [0.25, 0.3) is 0 Å². The monoisotopic (exact) mass is 227 g/mol. The Morgan fingerprint density at radius 1 is 1.00 bits per heavy atom. The number of nitrogens with zero attached hydrogens (tertiary/aromatic N) is 1. The third kappa shape index (κ3) is 1.80. The maximum atomic E-state index is 9.31. The van der Waals surface area contributed by atoms with Gasteiger partial charge >= 0.3 is 0 Å². The second-order valence-corrected chi connectivity index (χ2v) is 3.98. The van der Waals surface area contributed by atoms with Crippen LogP contribution in [-0.2, 0) is 0 Å². The molecule has 2 aromatic rings. The average Bonchev–Trinajstić information content (AvgIpc) is 2.39. The van der Waals surface area contributed by atoms with E-state index in [2.05, 4.69) is 4.90 Å². The van der Waals surface area contributed by atoms with Crippen molar-refractivity contribution in [3.05, 3.63) is 48.5 Å². The van der Waals surface area contributed by atoms with Crippen LogP contribution >= 0.6 is 0 Å². The summed E-state index contributed by atoms with van der Waals surface area (Å²) in [5, 5.41) is 9.31. The first-order chi connectivity index (χ1) is 8.34. The highest BCUT2D eigenvalue weighted by Crippen LogP contribution is 2.36. The number of hydrogen-bond donors (Lipinski definition) is 1. The van der Waals surface area contributed by atoms with Gasteiger partial charge < -0.3 is 14.7 Å². The number of ether oxygens (including phenoxy) is 1. The lowest BCUT2D eigenvalue weighted by atomic mass is 10.2. The molecule has 0 saturated heterocycles. The van der Waals surface area contributed by atoms with Gasteiger partial charge in [0.15, 0.2) is 0 Å². The number of fused-ring (bicyclic) bond motifs is 1. The smallest absolute Gasteiger partial charge is 0.143 e. The van der Waals surface area contributed by atoms with Gasteiger partial charge in [-0.15, -0.1) is 0 Å². The lowest BCUT2D eigenvalue weighted by molar-refractivity contribution is 0.314. The molecule has 1 heterocycles. The van der Waals surface area contributed by atoms with Crippen LogP contribution in [0.2, 0.25) is 0 Å². The van der Waals surface area contributed by atoms with Crippen molar-refractivity contribution in [3.8, 4) is 11.5 Å². The Morgan fingerprint density at radius 3 is 2.59 bits per heavy atom. The number of anilines is 2. The third-order valence-corrected chi connectivity index (χ3v) is 2.89. The number of para-hydroxylation sites is 2. The van der Waals surface area contributed by atoms with Crippen molar-refractivity contribution in [2.24, 2.45) is 0 Å². The molecule has 0 atom stereocenters. The van der Waals surface area contributed by atoms with Crippen molar-refractivity contribution in [1.29, 1.82) is 0 Å². The van der Waals surface area contributed by atoms with E-state index in [1.165, 1.54) is 0 Å². The maximum absolute atomic E-state index is 9.31. The Bertz CT molecular complexity index is 522. The van der Waals surface area contributed by atoms with Gasteiger partial charge in [-0.2, -0.15) is 0 Å². The molecule has 0 amide bonds. The average molecular weight is 227 g/mol. The summed E-state index contributed by atoms with van der Waals surface area (Å²) in [7, 11) is 0. The second-order valence-electron chi connectivity index (χ2n) is 3.98. The molecule has 3 heteroatoms. The van der Waals surface area contributed by atoms with Gasteiger partial charge in [-0.25, -0.2) is 0 Å². The molecule has 2 aromatic carbocycles. The molecule has 1 aliphatic rings. The van der Waals surface area contributed by atoms with Crippen LogP contribution in [-0.4, -0.2) is 18.3 Å². The summed E-state index contributed by atoms with van der Waals surface area (Å²) >= 11 is 0. The zero-order valence-electron chi connectivity index (χ0n) is 9.34. The molecule has 3 rings (SSSR count). The highest BCUT2D eigenvalue weighted by molar-refractivity contribution is 5.70. The van der Waals surface area contributed by atoms with Crippen molar-refractivity contribution >= 4 is 11.4 Å². The Kier molecular flexibility index (Phi) is 2.37. The zero-order chi connectivity index (χ0) is 11.7. The fourth-order valence-corrected chi connectivity index (χ4v) is 2.07. The summed E-state index contributed by atoms with van der Waals surface area (Å²) in [5.74, 6) is 1.20. The SMILES string of the molecule is Oc1ccc(N2CCOc3ccccc32)cc1. The molecule has 0 saturated carbocycles. The lowest BCUT2D eigenvalue weighted by Gasteiger charge is -2.31. The van der Waals surface area contributed by atoms with Crippen LogP contribution < -0.4 is 9.64 Å². The normalized spacial score (nSPS) is 14.0. The quantitative estimate of drug-likeness (QED) is 0.813. The van der Waals surface area contributed by atoms with Gasteiger partial charge in [-0.1, -0.05) is 12.1 Å². The van der Waals surface area contributed by atoms with Crippen LogP contribution in [0.15, 0.2) is 48.5 Å². The summed E-state index contributed by atoms with van der Waals surface area (Å²) in [6.07, 6.45) is 0. The molecule has 17 heavy (non-hydrogen) atoms. The summed E-state index contributed by atoms with van der Waals surface area (Å²) in [4.78, 5) is 2.19. The predicted octanol–water partition coefficient (Wildman–Crippen LogP) is 2.92. The van der Waals surface area contributed by atoms with Crippen LogP contribution in [0.4, 0.5) is 11.4 Å². The standard InChI is InChI=1S/C14H13NO2/c16-12-7-5-11(6-8-12)15-9-10-17-14-4-2-1-3-13(14)15/h1-8,16H,9-10H2. The Hall–Kier alpha value is -2.16. The van der Waals surface area contributed by atoms with E-state index < -0.39 is 0 Å². The summed E-state index contributed by atoms with van der Waals surface area (Å²) < 4.78 is 5.61. The van der Waals surface area contributed by atoms with E-state index in [0.717, 1.165) is 23.7 Å². The molecule has 86 valence electrons. The number of hydrogen-bond acceptors (Lipinski definition) is 3. The highest BCUT2D eigenvalue weighted by atomic mass is 16.5. The van der Waals surface area contributed by atoms with Gasteiger partial charge in [0.1, 0.15) is 18.1 Å². The molecule has 0 aliphatic carbocycles. The first kappa shape index (κ1) is 10.0. The summed E-state index contributed by atoms with van der Waals surface area (Å²) in [6, 6.07) is 15.2. The van der Waals surface area contributed by atoms with E-state index in [1.54, 1.807) is 12.1 Å². The van der Waals surface area contributed by atoms with Crippen LogP contribution in [0, 0.1) is 0 Å². The molecule has 3 nitrogen and oxygen atoms in total. The zero-order valence-corrected chi connectivity index (χ0v) is 9.34. The van der Waals surface area contributed by atoms with Crippen molar-refractivity contribution in [1.82, 2.24) is 0 Å². The number of rotatable bonds is 1. The first-order valence-electron chi connectivity index (χ1n) is 5.63. The van der Waals surface area contributed by atoms with Crippen LogP contribution in [0.5, 0.6) is 11.5 Å². The minimum absolute atomic E-state index is 0.287. The number of aromatic hydroxyl groups is 1. The van der Waals surface area contributed by atoms with Crippen LogP contribution in [0.3, 0.4) is 0 Å². The molecule has 0 fully saturated rings. The van der Waals surface area contributed by atoms with E-state index in [1.807, 2.05) is 36.4 Å². The minimum atomic E-state index is 0.287. The Morgan fingerprint density at radius 2 is 1.76 bits per heavy atom. The summed E-state index contributed by atoms with van der Waals surface area (Å²) in [5.41, 5.74) is 2.14. The van der Waals surface area contributed by atoms with Crippen LogP contribution in [0.25, 0.3) is 0 Å². The minimum Gasteiger partial charge on any atom is -0.508 e. The first-order valence-corrected chi connectivity index (χ1v) is 5.63. The van der Waals surface area contributed by atoms with Gasteiger partial charge in [0.2, 0.25) is 0 Å². The predicted molar refractivity (Wildman–Crippen MR) is 67.0 cm³/mol. The number of benzene rings is 2. The van der Waals surface area contributed by atoms with Crippen LogP contribution in [0.1, 0.15) is 0 Å². The van der Waals surface area contributed by atoms with E-state index >= 15 is 0 Å². The number of phenolic OH excluding ortho intramolecular Hbond substituents is 1.